The summed E-state index contributed by atoms with van der Waals surface area (Å²) in [4.78, 5) is 24.1. The molecule has 0 radical (unpaired) electrons. The number of Topliss-reactive ketones (excluding diaryl/α,β-unsaturated/α-hetero) is 2. The zero-order valence-corrected chi connectivity index (χ0v) is 12.1. The molecule has 5 heteroatoms. The largest absolute Gasteiger partial charge is 0.298 e. The maximum atomic E-state index is 12.3. The summed E-state index contributed by atoms with van der Waals surface area (Å²) >= 11 is 13.2. The Balaban J connectivity index is 2.27. The molecule has 0 spiro atoms. The minimum Gasteiger partial charge on any atom is -0.298 e. The number of ketones is 2. The number of halogens is 2. The predicted octanol–water partition coefficient (Wildman–Crippen LogP) is 4.03. The van der Waals surface area contributed by atoms with Crippen molar-refractivity contribution in [3.05, 3.63) is 33.8 Å². The van der Waals surface area contributed by atoms with Gasteiger partial charge in [0, 0.05) is 22.3 Å². The molecule has 2 unspecified atom stereocenters. The molecular weight excluding hydrogens is 291 g/mol. The number of carbonyl (C=O) groups excluding carboxylic acids is 2. The van der Waals surface area contributed by atoms with Crippen LogP contribution < -0.4 is 0 Å². The highest BCUT2D eigenvalue weighted by molar-refractivity contribution is 8.02. The highest BCUT2D eigenvalue weighted by Gasteiger charge is 2.34. The first-order valence-corrected chi connectivity index (χ1v) is 7.36. The topological polar surface area (TPSA) is 34.1 Å². The number of hydrogen-bond acceptors (Lipinski definition) is 3. The van der Waals surface area contributed by atoms with E-state index in [9.17, 15) is 9.59 Å². The molecule has 0 aliphatic carbocycles. The zero-order valence-electron chi connectivity index (χ0n) is 9.78. The van der Waals surface area contributed by atoms with E-state index in [1.54, 1.807) is 12.1 Å². The monoisotopic (exact) mass is 302 g/mol. The lowest BCUT2D eigenvalue weighted by Crippen LogP contribution is -2.33. The van der Waals surface area contributed by atoms with Gasteiger partial charge in [0.25, 0.3) is 0 Å². The van der Waals surface area contributed by atoms with Crippen molar-refractivity contribution < 1.29 is 9.59 Å². The number of carbonyl (C=O) groups is 2. The van der Waals surface area contributed by atoms with Crippen molar-refractivity contribution >= 4 is 46.5 Å². The van der Waals surface area contributed by atoms with Crippen LogP contribution in [0.25, 0.3) is 0 Å². The Hall–Kier alpha value is -0.510. The minimum absolute atomic E-state index is 0.00545. The van der Waals surface area contributed by atoms with Crippen molar-refractivity contribution in [3.63, 3.8) is 0 Å². The molecule has 1 aromatic rings. The highest BCUT2D eigenvalue weighted by atomic mass is 35.5. The van der Waals surface area contributed by atoms with Crippen molar-refractivity contribution in [2.45, 2.75) is 30.3 Å². The van der Waals surface area contributed by atoms with Gasteiger partial charge >= 0.3 is 0 Å². The van der Waals surface area contributed by atoms with Crippen molar-refractivity contribution in [1.82, 2.24) is 0 Å². The molecule has 1 aliphatic rings. The van der Waals surface area contributed by atoms with Gasteiger partial charge in [-0.3, -0.25) is 9.59 Å². The summed E-state index contributed by atoms with van der Waals surface area (Å²) < 4.78 is 0. The van der Waals surface area contributed by atoms with Gasteiger partial charge in [0.15, 0.2) is 11.6 Å². The van der Waals surface area contributed by atoms with Crippen LogP contribution in [0.3, 0.4) is 0 Å². The summed E-state index contributed by atoms with van der Waals surface area (Å²) in [7, 11) is 0. The Morgan fingerprint density at radius 2 is 2.11 bits per heavy atom. The van der Waals surface area contributed by atoms with E-state index in [1.807, 2.05) is 6.92 Å². The molecule has 0 bridgehead atoms. The van der Waals surface area contributed by atoms with Crippen molar-refractivity contribution in [1.29, 1.82) is 0 Å². The first-order valence-electron chi connectivity index (χ1n) is 5.66. The maximum Gasteiger partial charge on any atom is 0.184 e. The summed E-state index contributed by atoms with van der Waals surface area (Å²) in [6.07, 6.45) is 1.30. The zero-order chi connectivity index (χ0) is 13.3. The molecule has 0 amide bonds. The molecule has 2 rings (SSSR count). The van der Waals surface area contributed by atoms with Crippen LogP contribution >= 0.6 is 35.0 Å². The van der Waals surface area contributed by atoms with Gasteiger partial charge in [0.05, 0.1) is 5.02 Å². The fourth-order valence-corrected chi connectivity index (χ4v) is 3.63. The third-order valence-corrected chi connectivity index (χ3v) is 4.89. The normalized spacial score (nSPS) is 24.1. The van der Waals surface area contributed by atoms with Crippen LogP contribution in [-0.4, -0.2) is 22.1 Å². The van der Waals surface area contributed by atoms with Gasteiger partial charge in [-0.1, -0.05) is 30.1 Å². The number of benzene rings is 1. The second kappa shape index (κ2) is 5.64. The van der Waals surface area contributed by atoms with E-state index in [0.29, 0.717) is 27.3 Å². The summed E-state index contributed by atoms with van der Waals surface area (Å²) in [6.45, 7) is 2.03. The quantitative estimate of drug-likeness (QED) is 0.611. The van der Waals surface area contributed by atoms with Crippen molar-refractivity contribution in [2.24, 2.45) is 0 Å². The van der Waals surface area contributed by atoms with Crippen LogP contribution in [0.4, 0.5) is 0 Å². The third-order valence-electron chi connectivity index (χ3n) is 2.89. The average molecular weight is 303 g/mol. The van der Waals surface area contributed by atoms with Gasteiger partial charge in [-0.15, -0.1) is 11.8 Å². The van der Waals surface area contributed by atoms with Crippen molar-refractivity contribution in [3.8, 4) is 0 Å². The third kappa shape index (κ3) is 2.90. The summed E-state index contributed by atoms with van der Waals surface area (Å²) in [5.41, 5.74) is 0.376. The predicted molar refractivity (Wildman–Crippen MR) is 75.9 cm³/mol. The van der Waals surface area contributed by atoms with E-state index in [1.165, 1.54) is 17.8 Å². The molecule has 0 saturated carbocycles. The second-order valence-corrected chi connectivity index (χ2v) is 6.71. The van der Waals surface area contributed by atoms with E-state index < -0.39 is 5.25 Å². The molecule has 2 atom stereocenters. The van der Waals surface area contributed by atoms with Gasteiger partial charge in [-0.2, -0.15) is 0 Å². The lowest BCUT2D eigenvalue weighted by Gasteiger charge is -2.24. The standard InChI is InChI=1S/C13H12Cl2O2S/c1-7-2-5-11(16)13(18-7)12(17)9-4-3-8(14)6-10(9)15/h3-4,6-7,13H,2,5H2,1H3. The Morgan fingerprint density at radius 1 is 1.39 bits per heavy atom. The fraction of sp³-hybridized carbons (Fsp3) is 0.385. The Morgan fingerprint density at radius 3 is 2.78 bits per heavy atom. The van der Waals surface area contributed by atoms with Gasteiger partial charge < -0.3 is 0 Å². The Labute approximate surface area is 120 Å². The SMILES string of the molecule is CC1CCC(=O)C(C(=O)c2ccc(Cl)cc2Cl)S1. The summed E-state index contributed by atoms with van der Waals surface area (Å²) in [6, 6.07) is 4.72. The van der Waals surface area contributed by atoms with Crippen LogP contribution in [0.15, 0.2) is 18.2 Å². The lowest BCUT2D eigenvalue weighted by molar-refractivity contribution is -0.118. The minimum atomic E-state index is -0.618. The molecule has 0 aromatic heterocycles. The van der Waals surface area contributed by atoms with E-state index in [0.717, 1.165) is 6.42 Å². The first-order chi connectivity index (χ1) is 8.49. The van der Waals surface area contributed by atoms with E-state index in [2.05, 4.69) is 0 Å². The van der Waals surface area contributed by atoms with Gasteiger partial charge in [-0.25, -0.2) is 0 Å². The molecule has 1 saturated heterocycles. The molecular formula is C13H12Cl2O2S. The maximum absolute atomic E-state index is 12.3. The molecule has 1 aromatic carbocycles. The Bertz CT molecular complexity index is 502. The Kier molecular flexibility index (Phi) is 4.36. The summed E-state index contributed by atoms with van der Waals surface area (Å²) in [5, 5.41) is 0.488. The second-order valence-electron chi connectivity index (χ2n) is 4.32. The smallest absolute Gasteiger partial charge is 0.184 e. The van der Waals surface area contributed by atoms with Crippen LogP contribution in [0.1, 0.15) is 30.1 Å². The lowest BCUT2D eigenvalue weighted by atomic mass is 10.0. The van der Waals surface area contributed by atoms with E-state index in [-0.39, 0.29) is 11.6 Å². The molecule has 1 heterocycles. The van der Waals surface area contributed by atoms with E-state index in [4.69, 9.17) is 23.2 Å². The van der Waals surface area contributed by atoms with Crippen LogP contribution in [-0.2, 0) is 4.79 Å². The molecule has 1 fully saturated rings. The highest BCUT2D eigenvalue weighted by Crippen LogP contribution is 2.33. The number of rotatable bonds is 2. The van der Waals surface area contributed by atoms with Crippen LogP contribution in [0.2, 0.25) is 10.0 Å². The van der Waals surface area contributed by atoms with Gasteiger partial charge in [0.1, 0.15) is 5.25 Å². The van der Waals surface area contributed by atoms with Crippen molar-refractivity contribution in [2.75, 3.05) is 0 Å². The molecule has 96 valence electrons. The summed E-state index contributed by atoms with van der Waals surface area (Å²) in [5.74, 6) is -0.215. The molecule has 0 N–H and O–H groups in total. The molecule has 18 heavy (non-hydrogen) atoms. The van der Waals surface area contributed by atoms with Crippen LogP contribution in [0.5, 0.6) is 0 Å². The molecule has 2 nitrogen and oxygen atoms in total. The molecule has 1 aliphatic heterocycles. The number of thioether (sulfide) groups is 1. The average Bonchev–Trinajstić information content (AvgIpc) is 2.31. The first kappa shape index (κ1) is 13.9. The van der Waals surface area contributed by atoms with Gasteiger partial charge in [-0.05, 0) is 24.6 Å². The fourth-order valence-electron chi connectivity index (χ4n) is 1.89. The van der Waals surface area contributed by atoms with E-state index >= 15 is 0 Å². The van der Waals surface area contributed by atoms with Gasteiger partial charge in [0.2, 0.25) is 0 Å². The van der Waals surface area contributed by atoms with Crippen LogP contribution in [0, 0.1) is 0 Å². The number of hydrogen-bond donors (Lipinski definition) is 0.